The molecule has 3 heterocycles. The molecule has 3 fully saturated rings. The Morgan fingerprint density at radius 2 is 1.62 bits per heavy atom. The quantitative estimate of drug-likeness (QED) is 0.521. The minimum atomic E-state index is -0.360. The van der Waals surface area contributed by atoms with E-state index >= 15 is 0 Å². The Bertz CT molecular complexity index is 1000. The first-order chi connectivity index (χ1) is 14.0. The van der Waals surface area contributed by atoms with Gasteiger partial charge < -0.3 is 0 Å². The number of rotatable bonds is 3. The second-order valence-corrected chi connectivity index (χ2v) is 9.03. The topological polar surface area (TPSA) is 57.7 Å². The lowest BCUT2D eigenvalue weighted by molar-refractivity contribution is -0.123. The molecule has 0 bridgehead atoms. The third kappa shape index (κ3) is 2.81. The number of hydrogen-bond acceptors (Lipinski definition) is 4. The number of carbonyl (C=O) groups excluding carboxylic acids is 3. The van der Waals surface area contributed by atoms with E-state index in [2.05, 4.69) is 33.0 Å². The largest absolute Gasteiger partial charge is 0.295 e. The van der Waals surface area contributed by atoms with Gasteiger partial charge in [0.2, 0.25) is 11.8 Å². The third-order valence-corrected chi connectivity index (χ3v) is 7.12. The van der Waals surface area contributed by atoms with Crippen LogP contribution in [0.15, 0.2) is 53.0 Å². The van der Waals surface area contributed by atoms with Crippen LogP contribution in [-0.4, -0.2) is 35.1 Å². The Labute approximate surface area is 177 Å². The van der Waals surface area contributed by atoms with Crippen LogP contribution in [0.25, 0.3) is 0 Å². The first kappa shape index (κ1) is 18.7. The maximum atomic E-state index is 13.5. The first-order valence-electron chi connectivity index (χ1n) is 9.97. The van der Waals surface area contributed by atoms with Crippen LogP contribution in [0.1, 0.15) is 41.7 Å². The number of benzene rings is 2. The molecule has 0 aliphatic carbocycles. The van der Waals surface area contributed by atoms with Crippen molar-refractivity contribution in [3.8, 4) is 0 Å². The van der Waals surface area contributed by atoms with Crippen LogP contribution in [0, 0.1) is 11.8 Å². The Balaban J connectivity index is 1.54. The highest BCUT2D eigenvalue weighted by Gasteiger charge is 2.63. The summed E-state index contributed by atoms with van der Waals surface area (Å²) >= 11 is 3.48. The summed E-state index contributed by atoms with van der Waals surface area (Å²) < 4.78 is 0.995. The fourth-order valence-electron chi connectivity index (χ4n) is 5.36. The lowest BCUT2D eigenvalue weighted by atomic mass is 9.85. The molecule has 2 aromatic rings. The predicted octanol–water partition coefficient (Wildman–Crippen LogP) is 3.98. The maximum absolute atomic E-state index is 13.5. The number of imide groups is 1. The number of carbonyl (C=O) groups is 3. The summed E-state index contributed by atoms with van der Waals surface area (Å²) in [7, 11) is 0. The molecule has 29 heavy (non-hydrogen) atoms. The van der Waals surface area contributed by atoms with E-state index in [4.69, 9.17) is 0 Å². The van der Waals surface area contributed by atoms with Crippen LogP contribution in [0.4, 0.5) is 5.69 Å². The van der Waals surface area contributed by atoms with Crippen LogP contribution >= 0.6 is 15.9 Å². The van der Waals surface area contributed by atoms with Crippen LogP contribution in [-0.2, 0) is 9.59 Å². The number of fused-ring (bicyclic) bond motifs is 3. The molecule has 0 aromatic heterocycles. The number of hydrogen-bond donors (Lipinski definition) is 0. The van der Waals surface area contributed by atoms with Gasteiger partial charge in [-0.1, -0.05) is 28.1 Å². The van der Waals surface area contributed by atoms with Crippen molar-refractivity contribution in [1.29, 1.82) is 0 Å². The molecule has 0 unspecified atom stereocenters. The molecule has 0 saturated carbocycles. The summed E-state index contributed by atoms with van der Waals surface area (Å²) in [6, 6.07) is 14.9. The van der Waals surface area contributed by atoms with Crippen molar-refractivity contribution in [3.63, 3.8) is 0 Å². The summed E-state index contributed by atoms with van der Waals surface area (Å²) in [6.45, 7) is 2.43. The highest BCUT2D eigenvalue weighted by Crippen LogP contribution is 2.53. The SMILES string of the molecule is CC(=O)c1ccc(N2C(=O)[C@@H]3[C@H](C2=O)[C@@H](c2ccc(Br)cc2)N2CCC[C@H]32)cc1. The molecule has 3 saturated heterocycles. The molecule has 0 N–H and O–H groups in total. The summed E-state index contributed by atoms with van der Waals surface area (Å²) in [5.41, 5.74) is 2.21. The van der Waals surface area contributed by atoms with Gasteiger partial charge in [0.1, 0.15) is 0 Å². The standard InChI is InChI=1S/C23H21BrN2O3/c1-13(27)14-6-10-17(11-7-14)26-22(28)19-18-3-2-12-25(18)21(20(19)23(26)29)15-4-8-16(24)9-5-15/h4-11,18-21H,2-3,12H2,1H3/t18-,19+,20+,21-/m1/s1. The molecular weight excluding hydrogens is 432 g/mol. The average Bonchev–Trinajstić information content (AvgIpc) is 3.35. The van der Waals surface area contributed by atoms with Crippen molar-refractivity contribution in [3.05, 3.63) is 64.1 Å². The van der Waals surface area contributed by atoms with Crippen molar-refractivity contribution in [2.45, 2.75) is 31.8 Å². The Kier molecular flexibility index (Phi) is 4.44. The molecule has 3 aliphatic rings. The van der Waals surface area contributed by atoms with Gasteiger partial charge >= 0.3 is 0 Å². The minimum absolute atomic E-state index is 0.0376. The molecule has 3 aliphatic heterocycles. The Morgan fingerprint density at radius 1 is 0.966 bits per heavy atom. The molecule has 5 rings (SSSR count). The van der Waals surface area contributed by atoms with Gasteiger partial charge in [-0.25, -0.2) is 4.90 Å². The van der Waals surface area contributed by atoms with Crippen LogP contribution in [0.3, 0.4) is 0 Å². The highest BCUT2D eigenvalue weighted by atomic mass is 79.9. The highest BCUT2D eigenvalue weighted by molar-refractivity contribution is 9.10. The summed E-state index contributed by atoms with van der Waals surface area (Å²) in [5, 5.41) is 0. The predicted molar refractivity (Wildman–Crippen MR) is 113 cm³/mol. The fraction of sp³-hybridized carbons (Fsp3) is 0.348. The van der Waals surface area contributed by atoms with E-state index in [0.29, 0.717) is 11.3 Å². The zero-order valence-electron chi connectivity index (χ0n) is 16.0. The molecule has 6 heteroatoms. The molecule has 148 valence electrons. The Hall–Kier alpha value is -2.31. The smallest absolute Gasteiger partial charge is 0.239 e. The van der Waals surface area contributed by atoms with E-state index in [-0.39, 0.29) is 41.5 Å². The van der Waals surface area contributed by atoms with Gasteiger partial charge in [-0.05, 0) is 68.3 Å². The van der Waals surface area contributed by atoms with Crippen molar-refractivity contribution >= 4 is 39.2 Å². The lowest BCUT2D eigenvalue weighted by Gasteiger charge is -2.29. The molecule has 2 amide bonds. The second kappa shape index (κ2) is 6.89. The van der Waals surface area contributed by atoms with Gasteiger partial charge in [-0.2, -0.15) is 0 Å². The molecule has 0 radical (unpaired) electrons. The summed E-state index contributed by atoms with van der Waals surface area (Å²) in [4.78, 5) is 42.2. The van der Waals surface area contributed by atoms with Crippen LogP contribution < -0.4 is 4.90 Å². The van der Waals surface area contributed by atoms with Crippen molar-refractivity contribution in [1.82, 2.24) is 4.90 Å². The number of Topliss-reactive ketones (excluding diaryl/α,β-unsaturated/α-hetero) is 1. The van der Waals surface area contributed by atoms with Crippen molar-refractivity contribution in [2.24, 2.45) is 11.8 Å². The molecule has 0 spiro atoms. The number of halogens is 1. The van der Waals surface area contributed by atoms with E-state index in [1.165, 1.54) is 11.8 Å². The van der Waals surface area contributed by atoms with Gasteiger partial charge in [0.15, 0.2) is 5.78 Å². The van der Waals surface area contributed by atoms with E-state index in [0.717, 1.165) is 29.4 Å². The van der Waals surface area contributed by atoms with E-state index in [1.807, 2.05) is 12.1 Å². The van der Waals surface area contributed by atoms with Gasteiger partial charge in [0, 0.05) is 22.1 Å². The zero-order valence-corrected chi connectivity index (χ0v) is 17.6. The summed E-state index contributed by atoms with van der Waals surface area (Å²) in [5.74, 6) is -0.929. The van der Waals surface area contributed by atoms with E-state index in [1.54, 1.807) is 24.3 Å². The number of amides is 2. The number of anilines is 1. The third-order valence-electron chi connectivity index (χ3n) is 6.60. The van der Waals surface area contributed by atoms with Crippen LogP contribution in [0.2, 0.25) is 0 Å². The Morgan fingerprint density at radius 3 is 2.28 bits per heavy atom. The van der Waals surface area contributed by atoms with E-state index < -0.39 is 0 Å². The molecule has 4 atom stereocenters. The lowest BCUT2D eigenvalue weighted by Crippen LogP contribution is -2.39. The average molecular weight is 453 g/mol. The second-order valence-electron chi connectivity index (χ2n) is 8.11. The maximum Gasteiger partial charge on any atom is 0.239 e. The normalized spacial score (nSPS) is 28.7. The molecule has 2 aromatic carbocycles. The van der Waals surface area contributed by atoms with Crippen molar-refractivity contribution < 1.29 is 14.4 Å². The van der Waals surface area contributed by atoms with Crippen molar-refractivity contribution in [2.75, 3.05) is 11.4 Å². The van der Waals surface area contributed by atoms with Gasteiger partial charge in [0.05, 0.1) is 17.5 Å². The number of ketones is 1. The minimum Gasteiger partial charge on any atom is -0.295 e. The van der Waals surface area contributed by atoms with Crippen LogP contribution in [0.5, 0.6) is 0 Å². The molecule has 5 nitrogen and oxygen atoms in total. The van der Waals surface area contributed by atoms with Gasteiger partial charge in [0.25, 0.3) is 0 Å². The monoisotopic (exact) mass is 452 g/mol. The van der Waals surface area contributed by atoms with Gasteiger partial charge in [-0.3, -0.25) is 19.3 Å². The van der Waals surface area contributed by atoms with E-state index in [9.17, 15) is 14.4 Å². The number of nitrogens with zero attached hydrogens (tertiary/aromatic N) is 2. The fourth-order valence-corrected chi connectivity index (χ4v) is 5.62. The van der Waals surface area contributed by atoms with Gasteiger partial charge in [-0.15, -0.1) is 0 Å². The summed E-state index contributed by atoms with van der Waals surface area (Å²) in [6.07, 6.45) is 2.00. The molecular formula is C23H21BrN2O3. The first-order valence-corrected chi connectivity index (χ1v) is 10.8. The zero-order chi connectivity index (χ0) is 20.3.